The molecule has 2 heterocycles. The van der Waals surface area contributed by atoms with E-state index in [0.29, 0.717) is 12.3 Å². The largest absolute Gasteiger partial charge is 0.469 e. The summed E-state index contributed by atoms with van der Waals surface area (Å²) in [7, 11) is 0. The van der Waals surface area contributed by atoms with Crippen molar-refractivity contribution in [2.75, 3.05) is 11.4 Å². The predicted octanol–water partition coefficient (Wildman–Crippen LogP) is 3.26. The molecule has 0 aliphatic carbocycles. The fourth-order valence-electron chi connectivity index (χ4n) is 2.61. The molecule has 0 saturated heterocycles. The molecule has 124 valence electrons. The van der Waals surface area contributed by atoms with Crippen molar-refractivity contribution in [2.45, 2.75) is 25.9 Å². The number of anilines is 1. The molecule has 24 heavy (non-hydrogen) atoms. The topological polar surface area (TPSA) is 85.6 Å². The number of hydrogen-bond acceptors (Lipinski definition) is 5. The molecule has 0 fully saturated rings. The molecule has 2 aromatic rings. The van der Waals surface area contributed by atoms with E-state index in [9.17, 15) is 14.9 Å². The summed E-state index contributed by atoms with van der Waals surface area (Å²) in [6, 6.07) is 12.0. The third-order valence-corrected chi connectivity index (χ3v) is 3.84. The lowest BCUT2D eigenvalue weighted by Crippen LogP contribution is -2.42. The summed E-state index contributed by atoms with van der Waals surface area (Å²) in [6.07, 6.45) is 0.904. The van der Waals surface area contributed by atoms with Crippen LogP contribution in [0.25, 0.3) is 0 Å². The number of amides is 1. The Morgan fingerprint density at radius 2 is 2.00 bits per heavy atom. The first kappa shape index (κ1) is 15.9. The molecule has 3 rings (SSSR count). The van der Waals surface area contributed by atoms with Gasteiger partial charge in [0.25, 0.3) is 11.7 Å². The summed E-state index contributed by atoms with van der Waals surface area (Å²) in [5, 5.41) is 11.0. The number of fused-ring (bicyclic) bond motifs is 1. The Kier molecular flexibility index (Phi) is 4.41. The predicted molar refractivity (Wildman–Crippen MR) is 88.0 cm³/mol. The Labute approximate surface area is 139 Å². The molecule has 1 aromatic heterocycles. The summed E-state index contributed by atoms with van der Waals surface area (Å²) in [5.41, 5.74) is 0.744. The zero-order valence-electron chi connectivity index (χ0n) is 13.2. The van der Waals surface area contributed by atoms with Crippen molar-refractivity contribution >= 4 is 17.5 Å². The Morgan fingerprint density at radius 3 is 2.67 bits per heavy atom. The highest BCUT2D eigenvalue weighted by atomic mass is 16.6. The van der Waals surface area contributed by atoms with E-state index in [2.05, 4.69) is 4.98 Å². The van der Waals surface area contributed by atoms with Gasteiger partial charge in [-0.1, -0.05) is 43.7 Å². The maximum atomic E-state index is 12.9. The highest BCUT2D eigenvalue weighted by molar-refractivity contribution is 5.99. The lowest BCUT2D eigenvalue weighted by atomic mass is 10.1. The number of unbranched alkanes of at least 4 members (excludes halogenated alkanes) is 1. The number of pyridine rings is 1. The highest BCUT2D eigenvalue weighted by Gasteiger charge is 2.39. The lowest BCUT2D eigenvalue weighted by Gasteiger charge is -2.31. The summed E-state index contributed by atoms with van der Waals surface area (Å²) >= 11 is 0. The van der Waals surface area contributed by atoms with Crippen LogP contribution in [-0.2, 0) is 4.79 Å². The first-order chi connectivity index (χ1) is 11.6. The van der Waals surface area contributed by atoms with Crippen LogP contribution < -0.4 is 9.64 Å². The number of hydrogen-bond donors (Lipinski definition) is 0. The molecule has 0 saturated carbocycles. The molecule has 1 unspecified atom stereocenters. The summed E-state index contributed by atoms with van der Waals surface area (Å²) in [5.74, 6) is 0.0416. The summed E-state index contributed by atoms with van der Waals surface area (Å²) in [4.78, 5) is 28.8. The minimum absolute atomic E-state index is 0.217. The molecule has 0 spiro atoms. The Morgan fingerprint density at radius 1 is 1.25 bits per heavy atom. The van der Waals surface area contributed by atoms with Gasteiger partial charge in [0.2, 0.25) is 6.10 Å². The normalized spacial score (nSPS) is 16.5. The molecular weight excluding hydrogens is 310 g/mol. The number of benzene rings is 1. The van der Waals surface area contributed by atoms with Crippen LogP contribution in [0.5, 0.6) is 5.75 Å². The van der Waals surface area contributed by atoms with E-state index in [1.54, 1.807) is 0 Å². The second kappa shape index (κ2) is 6.66. The highest BCUT2D eigenvalue weighted by Crippen LogP contribution is 2.38. The van der Waals surface area contributed by atoms with E-state index in [1.807, 2.05) is 37.3 Å². The van der Waals surface area contributed by atoms with Crippen molar-refractivity contribution < 1.29 is 14.5 Å². The van der Waals surface area contributed by atoms with Crippen LogP contribution in [0, 0.1) is 10.1 Å². The van der Waals surface area contributed by atoms with Crippen molar-refractivity contribution in [3.63, 3.8) is 0 Å². The van der Waals surface area contributed by atoms with E-state index in [-0.39, 0.29) is 17.5 Å². The van der Waals surface area contributed by atoms with Crippen LogP contribution in [0.3, 0.4) is 0 Å². The van der Waals surface area contributed by atoms with Crippen LogP contribution in [0.2, 0.25) is 0 Å². The number of aromatic nitrogens is 1. The third-order valence-electron chi connectivity index (χ3n) is 3.84. The summed E-state index contributed by atoms with van der Waals surface area (Å²) in [6.45, 7) is 2.46. The molecule has 7 heteroatoms. The van der Waals surface area contributed by atoms with E-state index in [1.165, 1.54) is 17.0 Å². The average molecular weight is 327 g/mol. The molecule has 1 amide bonds. The Hall–Kier alpha value is -2.96. The van der Waals surface area contributed by atoms with Crippen molar-refractivity contribution in [2.24, 2.45) is 0 Å². The molecule has 1 atom stereocenters. The van der Waals surface area contributed by atoms with Gasteiger partial charge >= 0.3 is 5.82 Å². The maximum Gasteiger partial charge on any atom is 0.366 e. The van der Waals surface area contributed by atoms with Gasteiger partial charge in [0.15, 0.2) is 5.75 Å². The van der Waals surface area contributed by atoms with Crippen LogP contribution in [0.4, 0.5) is 11.6 Å². The van der Waals surface area contributed by atoms with E-state index in [4.69, 9.17) is 4.74 Å². The minimum Gasteiger partial charge on any atom is -0.469 e. The van der Waals surface area contributed by atoms with Crippen molar-refractivity contribution in [1.29, 1.82) is 0 Å². The number of nitrogens with zero attached hydrogens (tertiary/aromatic N) is 3. The monoisotopic (exact) mass is 327 g/mol. The standard InChI is InChI=1S/C17H17N3O4/c1-2-3-11-19-16-13(9-10-14(18-16)20(22)23)24-15(17(19)21)12-7-5-4-6-8-12/h4-10,15H,2-3,11H2,1H3. The van der Waals surface area contributed by atoms with Crippen molar-refractivity contribution in [1.82, 2.24) is 4.98 Å². The molecule has 1 aromatic carbocycles. The van der Waals surface area contributed by atoms with Gasteiger partial charge in [0, 0.05) is 18.2 Å². The molecule has 7 nitrogen and oxygen atoms in total. The molecule has 0 bridgehead atoms. The molecule has 0 N–H and O–H groups in total. The van der Waals surface area contributed by atoms with Crippen LogP contribution >= 0.6 is 0 Å². The van der Waals surface area contributed by atoms with Gasteiger partial charge in [-0.25, -0.2) is 0 Å². The number of ether oxygens (including phenoxy) is 1. The fourth-order valence-corrected chi connectivity index (χ4v) is 2.61. The van der Waals surface area contributed by atoms with Gasteiger partial charge < -0.3 is 14.9 Å². The van der Waals surface area contributed by atoms with Crippen molar-refractivity contribution in [3.05, 3.63) is 58.1 Å². The van der Waals surface area contributed by atoms with Gasteiger partial charge in [0.05, 0.1) is 0 Å². The maximum absolute atomic E-state index is 12.9. The first-order valence-corrected chi connectivity index (χ1v) is 7.80. The number of carbonyl (C=O) groups is 1. The second-order valence-electron chi connectivity index (χ2n) is 5.50. The smallest absolute Gasteiger partial charge is 0.366 e. The van der Waals surface area contributed by atoms with Gasteiger partial charge in [-0.3, -0.25) is 9.69 Å². The van der Waals surface area contributed by atoms with E-state index >= 15 is 0 Å². The van der Waals surface area contributed by atoms with Gasteiger partial charge in [0.1, 0.15) is 0 Å². The van der Waals surface area contributed by atoms with Gasteiger partial charge in [-0.15, -0.1) is 0 Å². The van der Waals surface area contributed by atoms with Crippen LogP contribution in [0.15, 0.2) is 42.5 Å². The fraction of sp³-hybridized carbons (Fsp3) is 0.294. The first-order valence-electron chi connectivity index (χ1n) is 7.80. The molecule has 0 radical (unpaired) electrons. The number of rotatable bonds is 5. The Bertz CT molecular complexity index is 764. The van der Waals surface area contributed by atoms with E-state index in [0.717, 1.165) is 18.4 Å². The average Bonchev–Trinajstić information content (AvgIpc) is 2.60. The minimum atomic E-state index is -0.765. The lowest BCUT2D eigenvalue weighted by molar-refractivity contribution is -0.389. The van der Waals surface area contributed by atoms with Crippen LogP contribution in [-0.4, -0.2) is 22.4 Å². The van der Waals surface area contributed by atoms with E-state index < -0.39 is 11.0 Å². The van der Waals surface area contributed by atoms with Crippen molar-refractivity contribution in [3.8, 4) is 5.75 Å². The quantitative estimate of drug-likeness (QED) is 0.621. The zero-order valence-corrected chi connectivity index (χ0v) is 13.2. The molecule has 1 aliphatic heterocycles. The van der Waals surface area contributed by atoms with Gasteiger partial charge in [-0.05, 0) is 22.4 Å². The van der Waals surface area contributed by atoms with Gasteiger partial charge in [-0.2, -0.15) is 0 Å². The Balaban J connectivity index is 2.03. The number of nitro groups is 1. The second-order valence-corrected chi connectivity index (χ2v) is 5.50. The third kappa shape index (κ3) is 2.92. The molecular formula is C17H17N3O4. The zero-order chi connectivity index (χ0) is 17.1. The number of carbonyl (C=O) groups excluding carboxylic acids is 1. The molecule has 1 aliphatic rings. The SMILES string of the molecule is CCCCN1C(=O)C(c2ccccc2)Oc2ccc([N+](=O)[O-])nc21. The summed E-state index contributed by atoms with van der Waals surface area (Å²) < 4.78 is 5.80. The van der Waals surface area contributed by atoms with Crippen LogP contribution in [0.1, 0.15) is 31.4 Å².